The van der Waals surface area contributed by atoms with Gasteiger partial charge in [0.05, 0.1) is 0 Å². The maximum absolute atomic E-state index is 11.7. The first kappa shape index (κ1) is 9.56. The standard InChI is InChI=1S/C6H7F3N4/c7-6(8,9)3-13-5-4(10)11-1-2-12-5/h1-2H,3H2,(H2,10,11)(H,12,13). The number of hydrogen-bond acceptors (Lipinski definition) is 4. The molecule has 7 heteroatoms. The maximum atomic E-state index is 11.7. The molecule has 0 aromatic carbocycles. The molecular formula is C6H7F3N4. The summed E-state index contributed by atoms with van der Waals surface area (Å²) in [5.41, 5.74) is 5.25. The van der Waals surface area contributed by atoms with Gasteiger partial charge in [0.2, 0.25) is 0 Å². The summed E-state index contributed by atoms with van der Waals surface area (Å²) >= 11 is 0. The van der Waals surface area contributed by atoms with Gasteiger partial charge in [-0.1, -0.05) is 0 Å². The SMILES string of the molecule is Nc1nccnc1NCC(F)(F)F. The fraction of sp³-hybridized carbons (Fsp3) is 0.333. The molecule has 0 atom stereocenters. The van der Waals surface area contributed by atoms with Crippen molar-refractivity contribution in [2.45, 2.75) is 6.18 Å². The Kier molecular flexibility index (Phi) is 2.54. The second kappa shape index (κ2) is 3.46. The van der Waals surface area contributed by atoms with Crippen LogP contribution in [0.3, 0.4) is 0 Å². The zero-order chi connectivity index (χ0) is 9.90. The molecule has 3 N–H and O–H groups in total. The molecule has 0 spiro atoms. The molecule has 0 radical (unpaired) electrons. The first-order valence-corrected chi connectivity index (χ1v) is 3.36. The van der Waals surface area contributed by atoms with Gasteiger partial charge in [-0.3, -0.25) is 0 Å². The van der Waals surface area contributed by atoms with E-state index in [-0.39, 0.29) is 11.6 Å². The van der Waals surface area contributed by atoms with Gasteiger partial charge in [-0.25, -0.2) is 9.97 Å². The second-order valence-corrected chi connectivity index (χ2v) is 2.26. The molecule has 13 heavy (non-hydrogen) atoms. The lowest BCUT2D eigenvalue weighted by atomic mass is 10.5. The Morgan fingerprint density at radius 2 is 1.92 bits per heavy atom. The summed E-state index contributed by atoms with van der Waals surface area (Å²) in [4.78, 5) is 7.15. The molecule has 0 unspecified atom stereocenters. The van der Waals surface area contributed by atoms with Crippen LogP contribution in [0.1, 0.15) is 0 Å². The molecule has 72 valence electrons. The molecule has 4 nitrogen and oxygen atoms in total. The minimum atomic E-state index is -4.29. The third-order valence-corrected chi connectivity index (χ3v) is 1.18. The molecule has 0 saturated heterocycles. The number of nitrogens with one attached hydrogen (secondary N) is 1. The lowest BCUT2D eigenvalue weighted by Gasteiger charge is -2.09. The van der Waals surface area contributed by atoms with E-state index in [1.54, 1.807) is 0 Å². The molecule has 0 amide bonds. The summed E-state index contributed by atoms with van der Waals surface area (Å²) in [6, 6.07) is 0. The number of aromatic nitrogens is 2. The van der Waals surface area contributed by atoms with Crippen LogP contribution < -0.4 is 11.1 Å². The van der Waals surface area contributed by atoms with Crippen LogP contribution in [-0.2, 0) is 0 Å². The molecule has 1 aromatic rings. The predicted octanol–water partition coefficient (Wildman–Crippen LogP) is 1.03. The zero-order valence-corrected chi connectivity index (χ0v) is 6.47. The van der Waals surface area contributed by atoms with Crippen LogP contribution in [0.15, 0.2) is 12.4 Å². The normalized spacial score (nSPS) is 11.3. The third-order valence-electron chi connectivity index (χ3n) is 1.18. The molecule has 0 saturated carbocycles. The summed E-state index contributed by atoms with van der Waals surface area (Å²) in [5.74, 6) is -0.105. The minimum Gasteiger partial charge on any atom is -0.381 e. The topological polar surface area (TPSA) is 63.8 Å². The Hall–Kier alpha value is -1.53. The van der Waals surface area contributed by atoms with E-state index >= 15 is 0 Å². The fourth-order valence-corrected chi connectivity index (χ4v) is 0.669. The molecular weight excluding hydrogens is 185 g/mol. The lowest BCUT2D eigenvalue weighted by Crippen LogP contribution is -2.22. The number of hydrogen-bond donors (Lipinski definition) is 2. The maximum Gasteiger partial charge on any atom is 0.405 e. The highest BCUT2D eigenvalue weighted by Crippen LogP contribution is 2.17. The molecule has 1 heterocycles. The van der Waals surface area contributed by atoms with Crippen molar-refractivity contribution >= 4 is 11.6 Å². The van der Waals surface area contributed by atoms with E-state index in [1.807, 2.05) is 5.32 Å². The van der Waals surface area contributed by atoms with E-state index < -0.39 is 12.7 Å². The van der Waals surface area contributed by atoms with Crippen molar-refractivity contribution in [1.29, 1.82) is 0 Å². The number of nitrogens with zero attached hydrogens (tertiary/aromatic N) is 2. The van der Waals surface area contributed by atoms with Gasteiger partial charge in [0.15, 0.2) is 11.6 Å². The van der Waals surface area contributed by atoms with Crippen LogP contribution >= 0.6 is 0 Å². The Morgan fingerprint density at radius 1 is 1.31 bits per heavy atom. The number of anilines is 2. The van der Waals surface area contributed by atoms with Crippen molar-refractivity contribution in [1.82, 2.24) is 9.97 Å². The van der Waals surface area contributed by atoms with E-state index in [1.165, 1.54) is 12.4 Å². The number of nitrogens with two attached hydrogens (primary N) is 1. The van der Waals surface area contributed by atoms with Crippen molar-refractivity contribution in [3.05, 3.63) is 12.4 Å². The highest BCUT2D eigenvalue weighted by Gasteiger charge is 2.27. The molecule has 0 fully saturated rings. The summed E-state index contributed by atoms with van der Waals surface area (Å²) in [6.07, 6.45) is -1.73. The average Bonchev–Trinajstić information content (AvgIpc) is 2.01. The van der Waals surface area contributed by atoms with Crippen LogP contribution in [0.2, 0.25) is 0 Å². The predicted molar refractivity (Wildman–Crippen MR) is 41.0 cm³/mol. The van der Waals surface area contributed by atoms with Crippen molar-refractivity contribution in [3.63, 3.8) is 0 Å². The molecule has 0 aliphatic carbocycles. The van der Waals surface area contributed by atoms with E-state index in [9.17, 15) is 13.2 Å². The van der Waals surface area contributed by atoms with Gasteiger partial charge < -0.3 is 11.1 Å². The number of rotatable bonds is 2. The lowest BCUT2D eigenvalue weighted by molar-refractivity contribution is -0.115. The Bertz CT molecular complexity index is 285. The molecule has 0 aliphatic rings. The molecule has 0 aliphatic heterocycles. The third kappa shape index (κ3) is 3.14. The molecule has 0 bridgehead atoms. The Balaban J connectivity index is 2.60. The van der Waals surface area contributed by atoms with Gasteiger partial charge in [-0.05, 0) is 0 Å². The van der Waals surface area contributed by atoms with E-state index in [2.05, 4.69) is 9.97 Å². The quantitative estimate of drug-likeness (QED) is 0.734. The monoisotopic (exact) mass is 192 g/mol. The first-order valence-electron chi connectivity index (χ1n) is 3.36. The van der Waals surface area contributed by atoms with E-state index in [0.29, 0.717) is 0 Å². The Labute approximate surface area is 72.0 Å². The van der Waals surface area contributed by atoms with Crippen molar-refractivity contribution < 1.29 is 13.2 Å². The highest BCUT2D eigenvalue weighted by atomic mass is 19.4. The van der Waals surface area contributed by atoms with Gasteiger partial charge in [0, 0.05) is 12.4 Å². The van der Waals surface area contributed by atoms with Gasteiger partial charge in [-0.2, -0.15) is 13.2 Å². The van der Waals surface area contributed by atoms with Crippen LogP contribution in [-0.4, -0.2) is 22.7 Å². The Morgan fingerprint density at radius 3 is 2.46 bits per heavy atom. The van der Waals surface area contributed by atoms with Crippen LogP contribution in [0.5, 0.6) is 0 Å². The minimum absolute atomic E-state index is 0.0493. The van der Waals surface area contributed by atoms with Crippen molar-refractivity contribution in [2.75, 3.05) is 17.6 Å². The van der Waals surface area contributed by atoms with Crippen molar-refractivity contribution in [3.8, 4) is 0 Å². The summed E-state index contributed by atoms with van der Waals surface area (Å²) < 4.78 is 35.2. The number of halogens is 3. The molecule has 1 rings (SSSR count). The number of alkyl halides is 3. The zero-order valence-electron chi connectivity index (χ0n) is 6.47. The smallest absolute Gasteiger partial charge is 0.381 e. The summed E-state index contributed by atoms with van der Waals surface area (Å²) in [5, 5.41) is 2.03. The summed E-state index contributed by atoms with van der Waals surface area (Å²) in [6.45, 7) is -1.17. The second-order valence-electron chi connectivity index (χ2n) is 2.26. The molecule has 1 aromatic heterocycles. The van der Waals surface area contributed by atoms with Gasteiger partial charge in [0.25, 0.3) is 0 Å². The first-order chi connectivity index (χ1) is 5.99. The largest absolute Gasteiger partial charge is 0.405 e. The van der Waals surface area contributed by atoms with Crippen LogP contribution in [0.4, 0.5) is 24.8 Å². The van der Waals surface area contributed by atoms with Gasteiger partial charge in [0.1, 0.15) is 6.54 Å². The summed E-state index contributed by atoms with van der Waals surface area (Å²) in [7, 11) is 0. The van der Waals surface area contributed by atoms with Gasteiger partial charge >= 0.3 is 6.18 Å². The number of nitrogen functional groups attached to an aromatic ring is 1. The van der Waals surface area contributed by atoms with Gasteiger partial charge in [-0.15, -0.1) is 0 Å². The van der Waals surface area contributed by atoms with E-state index in [0.717, 1.165) is 0 Å². The van der Waals surface area contributed by atoms with Crippen molar-refractivity contribution in [2.24, 2.45) is 0 Å². The van der Waals surface area contributed by atoms with Crippen LogP contribution in [0, 0.1) is 0 Å². The fourth-order valence-electron chi connectivity index (χ4n) is 0.669. The average molecular weight is 192 g/mol. The highest BCUT2D eigenvalue weighted by molar-refractivity contribution is 5.54. The van der Waals surface area contributed by atoms with Crippen LogP contribution in [0.25, 0.3) is 0 Å². The van der Waals surface area contributed by atoms with E-state index in [4.69, 9.17) is 5.73 Å².